The Bertz CT molecular complexity index is 1230. The number of pyridine rings is 1. The Kier molecular flexibility index (Phi) is 4.17. The van der Waals surface area contributed by atoms with Gasteiger partial charge in [0, 0.05) is 31.5 Å². The highest BCUT2D eigenvalue weighted by atomic mass is 15.3. The largest absolute Gasteiger partial charge is 0.384 e. The maximum absolute atomic E-state index is 9.29. The van der Waals surface area contributed by atoms with E-state index in [1.165, 1.54) is 0 Å². The molecule has 3 aromatic heterocycles. The van der Waals surface area contributed by atoms with E-state index in [-0.39, 0.29) is 0 Å². The van der Waals surface area contributed by atoms with Crippen molar-refractivity contribution in [3.63, 3.8) is 0 Å². The molecular formula is C21H19N7. The van der Waals surface area contributed by atoms with Crippen LogP contribution in [0, 0.1) is 18.3 Å². The van der Waals surface area contributed by atoms with E-state index in [1.807, 2.05) is 56.3 Å². The molecule has 0 atom stereocenters. The molecule has 2 N–H and O–H groups in total. The fourth-order valence-electron chi connectivity index (χ4n) is 3.17. The summed E-state index contributed by atoms with van der Waals surface area (Å²) in [4.78, 5) is 11.1. The first-order chi connectivity index (χ1) is 13.5. The summed E-state index contributed by atoms with van der Waals surface area (Å²) in [5, 5.41) is 14.0. The SMILES string of the molecule is Cc1cc(-c2c(-c3cccc(C#N)c3)nn3ccc(N)nc23)cc(N(C)C)n1. The molecule has 0 fully saturated rings. The minimum absolute atomic E-state index is 0.421. The fourth-order valence-corrected chi connectivity index (χ4v) is 3.17. The van der Waals surface area contributed by atoms with Crippen LogP contribution >= 0.6 is 0 Å². The van der Waals surface area contributed by atoms with Gasteiger partial charge in [-0.25, -0.2) is 14.5 Å². The third kappa shape index (κ3) is 3.01. The van der Waals surface area contributed by atoms with Crippen molar-refractivity contribution in [1.29, 1.82) is 5.26 Å². The van der Waals surface area contributed by atoms with Crippen LogP contribution in [0.1, 0.15) is 11.3 Å². The molecule has 0 aliphatic rings. The number of fused-ring (bicyclic) bond motifs is 1. The van der Waals surface area contributed by atoms with Crippen molar-refractivity contribution in [3.8, 4) is 28.5 Å². The zero-order chi connectivity index (χ0) is 19.8. The van der Waals surface area contributed by atoms with Gasteiger partial charge in [0.15, 0.2) is 5.65 Å². The molecule has 1 aromatic carbocycles. The predicted octanol–water partition coefficient (Wildman–Crippen LogP) is 3.29. The standard InChI is InChI=1S/C21H19N7/c1-13-9-16(11-18(24-13)27(2)3)19-20(15-6-4-5-14(10-15)12-22)26-28-8-7-17(23)25-21(19)28/h4-11H,1-3H3,(H2,23,25). The zero-order valence-electron chi connectivity index (χ0n) is 15.9. The van der Waals surface area contributed by atoms with E-state index in [0.717, 1.165) is 33.9 Å². The fraction of sp³-hybridized carbons (Fsp3) is 0.143. The van der Waals surface area contributed by atoms with Crippen molar-refractivity contribution < 1.29 is 0 Å². The van der Waals surface area contributed by atoms with Gasteiger partial charge in [-0.1, -0.05) is 12.1 Å². The van der Waals surface area contributed by atoms with Gasteiger partial charge >= 0.3 is 0 Å². The van der Waals surface area contributed by atoms with Crippen LogP contribution in [-0.4, -0.2) is 33.7 Å². The van der Waals surface area contributed by atoms with Gasteiger partial charge in [-0.2, -0.15) is 10.4 Å². The molecule has 0 amide bonds. The molecule has 28 heavy (non-hydrogen) atoms. The van der Waals surface area contributed by atoms with E-state index >= 15 is 0 Å². The molecule has 0 spiro atoms. The van der Waals surface area contributed by atoms with Gasteiger partial charge in [0.05, 0.1) is 17.2 Å². The monoisotopic (exact) mass is 369 g/mol. The summed E-state index contributed by atoms with van der Waals surface area (Å²) in [7, 11) is 3.91. The lowest BCUT2D eigenvalue weighted by Gasteiger charge is -2.14. The molecule has 0 aliphatic carbocycles. The molecule has 0 unspecified atom stereocenters. The smallest absolute Gasteiger partial charge is 0.165 e. The third-order valence-electron chi connectivity index (χ3n) is 4.46. The van der Waals surface area contributed by atoms with Crippen molar-refractivity contribution in [2.45, 2.75) is 6.92 Å². The summed E-state index contributed by atoms with van der Waals surface area (Å²) >= 11 is 0. The van der Waals surface area contributed by atoms with Gasteiger partial charge in [0.25, 0.3) is 0 Å². The second-order valence-electron chi connectivity index (χ2n) is 6.79. The molecule has 0 saturated heterocycles. The number of aromatic nitrogens is 4. The molecule has 4 rings (SSSR count). The second-order valence-corrected chi connectivity index (χ2v) is 6.79. The van der Waals surface area contributed by atoms with Crippen LogP contribution < -0.4 is 10.6 Å². The van der Waals surface area contributed by atoms with Crippen molar-refractivity contribution >= 4 is 17.3 Å². The lowest BCUT2D eigenvalue weighted by atomic mass is 10.00. The Morgan fingerprint density at radius 1 is 1.07 bits per heavy atom. The van der Waals surface area contributed by atoms with Crippen molar-refractivity contribution in [2.75, 3.05) is 24.7 Å². The summed E-state index contributed by atoms with van der Waals surface area (Å²) in [5.41, 5.74) is 11.5. The van der Waals surface area contributed by atoms with Crippen LogP contribution in [0.4, 0.5) is 11.6 Å². The topological polar surface area (TPSA) is 96.1 Å². The Labute approximate surface area is 162 Å². The van der Waals surface area contributed by atoms with Crippen molar-refractivity contribution in [3.05, 3.63) is 59.9 Å². The first-order valence-corrected chi connectivity index (χ1v) is 8.78. The second kappa shape index (κ2) is 6.67. The van der Waals surface area contributed by atoms with Gasteiger partial charge < -0.3 is 10.6 Å². The number of anilines is 2. The molecular weight excluding hydrogens is 350 g/mol. The number of nitriles is 1. The van der Waals surface area contributed by atoms with Gasteiger partial charge in [-0.05, 0) is 42.8 Å². The molecule has 138 valence electrons. The molecule has 0 saturated carbocycles. The Balaban J connectivity index is 2.06. The van der Waals surface area contributed by atoms with E-state index < -0.39 is 0 Å². The number of rotatable bonds is 3. The van der Waals surface area contributed by atoms with Crippen LogP contribution in [0.25, 0.3) is 28.0 Å². The average molecular weight is 369 g/mol. The Morgan fingerprint density at radius 3 is 2.64 bits per heavy atom. The van der Waals surface area contributed by atoms with E-state index in [1.54, 1.807) is 22.8 Å². The highest BCUT2D eigenvalue weighted by molar-refractivity contribution is 5.91. The summed E-state index contributed by atoms with van der Waals surface area (Å²) in [6.07, 6.45) is 1.79. The predicted molar refractivity (Wildman–Crippen MR) is 110 cm³/mol. The number of benzene rings is 1. The molecule has 4 aromatic rings. The number of nitrogens with zero attached hydrogens (tertiary/aromatic N) is 6. The highest BCUT2D eigenvalue weighted by Gasteiger charge is 2.19. The Hall–Kier alpha value is -3.92. The van der Waals surface area contributed by atoms with Gasteiger partial charge in [-0.15, -0.1) is 0 Å². The summed E-state index contributed by atoms with van der Waals surface area (Å²) in [6.45, 7) is 1.96. The minimum atomic E-state index is 0.421. The Morgan fingerprint density at radius 2 is 1.89 bits per heavy atom. The summed E-state index contributed by atoms with van der Waals surface area (Å²) in [6, 6.07) is 15.3. The molecule has 7 nitrogen and oxygen atoms in total. The molecule has 0 bridgehead atoms. The van der Waals surface area contributed by atoms with E-state index in [0.29, 0.717) is 17.0 Å². The minimum Gasteiger partial charge on any atom is -0.384 e. The molecule has 0 radical (unpaired) electrons. The van der Waals surface area contributed by atoms with Gasteiger partial charge in [0.2, 0.25) is 0 Å². The summed E-state index contributed by atoms with van der Waals surface area (Å²) < 4.78 is 1.71. The van der Waals surface area contributed by atoms with Gasteiger partial charge in [-0.3, -0.25) is 0 Å². The normalized spacial score (nSPS) is 10.8. The number of nitrogen functional groups attached to an aromatic ring is 1. The van der Waals surface area contributed by atoms with Crippen LogP contribution in [0.5, 0.6) is 0 Å². The van der Waals surface area contributed by atoms with Crippen LogP contribution in [0.15, 0.2) is 48.7 Å². The van der Waals surface area contributed by atoms with Crippen LogP contribution in [0.2, 0.25) is 0 Å². The number of aryl methyl sites for hydroxylation is 1. The molecule has 0 aliphatic heterocycles. The van der Waals surface area contributed by atoms with E-state index in [9.17, 15) is 5.26 Å². The maximum Gasteiger partial charge on any atom is 0.165 e. The van der Waals surface area contributed by atoms with Crippen LogP contribution in [-0.2, 0) is 0 Å². The van der Waals surface area contributed by atoms with E-state index in [2.05, 4.69) is 16.0 Å². The third-order valence-corrected chi connectivity index (χ3v) is 4.46. The number of nitrogens with two attached hydrogens (primary N) is 1. The van der Waals surface area contributed by atoms with Crippen molar-refractivity contribution in [2.24, 2.45) is 0 Å². The maximum atomic E-state index is 9.29. The average Bonchev–Trinajstić information content (AvgIpc) is 3.06. The molecule has 7 heteroatoms. The van der Waals surface area contributed by atoms with Gasteiger partial charge in [0.1, 0.15) is 17.3 Å². The quantitative estimate of drug-likeness (QED) is 0.595. The lowest BCUT2D eigenvalue weighted by Crippen LogP contribution is -2.11. The van der Waals surface area contributed by atoms with E-state index in [4.69, 9.17) is 10.8 Å². The van der Waals surface area contributed by atoms with Crippen LogP contribution in [0.3, 0.4) is 0 Å². The highest BCUT2D eigenvalue weighted by Crippen LogP contribution is 2.36. The lowest BCUT2D eigenvalue weighted by molar-refractivity contribution is 0.945. The van der Waals surface area contributed by atoms with Crippen molar-refractivity contribution in [1.82, 2.24) is 19.6 Å². The first-order valence-electron chi connectivity index (χ1n) is 8.78. The number of hydrogen-bond donors (Lipinski definition) is 1. The summed E-state index contributed by atoms with van der Waals surface area (Å²) in [5.74, 6) is 1.26. The first kappa shape index (κ1) is 17.5. The number of hydrogen-bond acceptors (Lipinski definition) is 6. The zero-order valence-corrected chi connectivity index (χ0v) is 15.9. The molecule has 3 heterocycles.